The zero-order chi connectivity index (χ0) is 19.1. The Labute approximate surface area is 158 Å². The standard InChI is InChI=1S/C20H22ClNO4/c1-13-11-17(21)9-10-18(13)25-15(3)20(24)26-14(2)19(23)22-12-16-7-5-4-6-8-16/h4-11,14-15H,12H2,1-3H3,(H,22,23). The van der Waals surface area contributed by atoms with Gasteiger partial charge in [0.05, 0.1) is 0 Å². The third kappa shape index (κ3) is 5.77. The molecule has 0 fully saturated rings. The van der Waals surface area contributed by atoms with Crippen molar-refractivity contribution in [1.82, 2.24) is 5.32 Å². The van der Waals surface area contributed by atoms with E-state index in [2.05, 4.69) is 5.32 Å². The fourth-order valence-electron chi connectivity index (χ4n) is 2.24. The van der Waals surface area contributed by atoms with Gasteiger partial charge in [-0.2, -0.15) is 0 Å². The van der Waals surface area contributed by atoms with E-state index in [4.69, 9.17) is 21.1 Å². The number of halogens is 1. The zero-order valence-corrected chi connectivity index (χ0v) is 15.7. The second-order valence-corrected chi connectivity index (χ2v) is 6.39. The lowest BCUT2D eigenvalue weighted by atomic mass is 10.2. The highest BCUT2D eigenvalue weighted by molar-refractivity contribution is 6.30. The number of esters is 1. The minimum Gasteiger partial charge on any atom is -0.479 e. The van der Waals surface area contributed by atoms with E-state index in [1.165, 1.54) is 6.92 Å². The van der Waals surface area contributed by atoms with Gasteiger partial charge in [-0.15, -0.1) is 0 Å². The van der Waals surface area contributed by atoms with Gasteiger partial charge in [0, 0.05) is 11.6 Å². The van der Waals surface area contributed by atoms with Crippen LogP contribution in [0.4, 0.5) is 0 Å². The predicted octanol–water partition coefficient (Wildman–Crippen LogP) is 3.66. The molecule has 5 nitrogen and oxygen atoms in total. The molecular formula is C20H22ClNO4. The number of hydrogen-bond donors (Lipinski definition) is 1. The maximum atomic E-state index is 12.2. The molecule has 0 aliphatic carbocycles. The Balaban J connectivity index is 1.84. The van der Waals surface area contributed by atoms with Gasteiger partial charge in [-0.25, -0.2) is 4.79 Å². The van der Waals surface area contributed by atoms with E-state index in [9.17, 15) is 9.59 Å². The van der Waals surface area contributed by atoms with Gasteiger partial charge in [-0.3, -0.25) is 4.79 Å². The second-order valence-electron chi connectivity index (χ2n) is 5.95. The smallest absolute Gasteiger partial charge is 0.347 e. The number of carbonyl (C=O) groups is 2. The van der Waals surface area contributed by atoms with Gasteiger partial charge in [0.1, 0.15) is 5.75 Å². The highest BCUT2D eigenvalue weighted by Gasteiger charge is 2.23. The molecule has 2 rings (SSSR count). The number of ether oxygens (including phenoxy) is 2. The summed E-state index contributed by atoms with van der Waals surface area (Å²) in [7, 11) is 0. The summed E-state index contributed by atoms with van der Waals surface area (Å²) in [6.07, 6.45) is -1.76. The molecule has 0 bridgehead atoms. The lowest BCUT2D eigenvalue weighted by Gasteiger charge is -2.18. The van der Waals surface area contributed by atoms with Gasteiger partial charge in [0.25, 0.3) is 5.91 Å². The van der Waals surface area contributed by atoms with E-state index >= 15 is 0 Å². The Morgan fingerprint density at radius 1 is 1.08 bits per heavy atom. The number of benzene rings is 2. The van der Waals surface area contributed by atoms with Crippen molar-refractivity contribution in [3.63, 3.8) is 0 Å². The Morgan fingerprint density at radius 3 is 2.42 bits per heavy atom. The first-order valence-electron chi connectivity index (χ1n) is 8.31. The van der Waals surface area contributed by atoms with Crippen LogP contribution in [0.3, 0.4) is 0 Å². The van der Waals surface area contributed by atoms with Crippen LogP contribution < -0.4 is 10.1 Å². The first-order chi connectivity index (χ1) is 12.4. The number of aryl methyl sites for hydroxylation is 1. The topological polar surface area (TPSA) is 64.6 Å². The fourth-order valence-corrected chi connectivity index (χ4v) is 2.46. The first-order valence-corrected chi connectivity index (χ1v) is 8.69. The molecule has 138 valence electrons. The van der Waals surface area contributed by atoms with Crippen molar-refractivity contribution in [3.05, 3.63) is 64.7 Å². The third-order valence-electron chi connectivity index (χ3n) is 3.74. The number of nitrogens with one attached hydrogen (secondary N) is 1. The van der Waals surface area contributed by atoms with Gasteiger partial charge in [0.2, 0.25) is 0 Å². The molecule has 2 unspecified atom stereocenters. The predicted molar refractivity (Wildman–Crippen MR) is 100 cm³/mol. The summed E-state index contributed by atoms with van der Waals surface area (Å²) in [4.78, 5) is 24.2. The Morgan fingerprint density at radius 2 is 1.77 bits per heavy atom. The maximum Gasteiger partial charge on any atom is 0.347 e. The molecule has 0 heterocycles. The average molecular weight is 376 g/mol. The summed E-state index contributed by atoms with van der Waals surface area (Å²) < 4.78 is 10.8. The molecule has 0 aliphatic heterocycles. The van der Waals surface area contributed by atoms with Crippen LogP contribution in [0.25, 0.3) is 0 Å². The van der Waals surface area contributed by atoms with Gasteiger partial charge in [-0.05, 0) is 50.1 Å². The van der Waals surface area contributed by atoms with Crippen LogP contribution in [-0.4, -0.2) is 24.1 Å². The molecule has 0 aromatic heterocycles. The van der Waals surface area contributed by atoms with Crippen LogP contribution in [0, 0.1) is 6.92 Å². The summed E-state index contributed by atoms with van der Waals surface area (Å²) in [6, 6.07) is 14.6. The number of hydrogen-bond acceptors (Lipinski definition) is 4. The molecule has 0 aliphatic rings. The minimum absolute atomic E-state index is 0.364. The molecule has 0 saturated heterocycles. The van der Waals surface area contributed by atoms with E-state index in [0.717, 1.165) is 11.1 Å². The number of rotatable bonds is 7. The van der Waals surface area contributed by atoms with Crippen LogP contribution in [-0.2, 0) is 20.9 Å². The van der Waals surface area contributed by atoms with Crippen molar-refractivity contribution in [2.45, 2.75) is 39.5 Å². The van der Waals surface area contributed by atoms with Crippen molar-refractivity contribution in [2.75, 3.05) is 0 Å². The van der Waals surface area contributed by atoms with E-state index in [-0.39, 0.29) is 5.91 Å². The Bertz CT molecular complexity index is 764. The lowest BCUT2D eigenvalue weighted by molar-refractivity contribution is -0.160. The third-order valence-corrected chi connectivity index (χ3v) is 3.98. The molecule has 2 aromatic rings. The van der Waals surface area contributed by atoms with Crippen LogP contribution in [0.5, 0.6) is 5.75 Å². The van der Waals surface area contributed by atoms with Crippen molar-refractivity contribution < 1.29 is 19.1 Å². The van der Waals surface area contributed by atoms with Crippen molar-refractivity contribution in [1.29, 1.82) is 0 Å². The molecule has 2 atom stereocenters. The number of amides is 1. The SMILES string of the molecule is Cc1cc(Cl)ccc1OC(C)C(=O)OC(C)C(=O)NCc1ccccc1. The van der Waals surface area contributed by atoms with E-state index in [1.807, 2.05) is 37.3 Å². The summed E-state index contributed by atoms with van der Waals surface area (Å²) in [6.45, 7) is 5.31. The van der Waals surface area contributed by atoms with E-state index in [1.54, 1.807) is 25.1 Å². The van der Waals surface area contributed by atoms with Crippen molar-refractivity contribution >= 4 is 23.5 Å². The van der Waals surface area contributed by atoms with Gasteiger partial charge < -0.3 is 14.8 Å². The zero-order valence-electron chi connectivity index (χ0n) is 15.0. The van der Waals surface area contributed by atoms with Crippen molar-refractivity contribution in [3.8, 4) is 5.75 Å². The fraction of sp³-hybridized carbons (Fsp3) is 0.300. The molecule has 0 saturated carbocycles. The normalized spacial score (nSPS) is 12.8. The molecule has 2 aromatic carbocycles. The quantitative estimate of drug-likeness (QED) is 0.750. The highest BCUT2D eigenvalue weighted by atomic mass is 35.5. The first kappa shape index (κ1) is 19.8. The molecule has 0 spiro atoms. The average Bonchev–Trinajstić information content (AvgIpc) is 2.62. The molecule has 1 N–H and O–H groups in total. The van der Waals surface area contributed by atoms with Gasteiger partial charge >= 0.3 is 5.97 Å². The van der Waals surface area contributed by atoms with Gasteiger partial charge in [0.15, 0.2) is 12.2 Å². The minimum atomic E-state index is -0.913. The van der Waals surface area contributed by atoms with Crippen LogP contribution in [0.1, 0.15) is 25.0 Å². The lowest BCUT2D eigenvalue weighted by Crippen LogP contribution is -2.38. The summed E-state index contributed by atoms with van der Waals surface area (Å²) >= 11 is 5.90. The molecule has 1 amide bonds. The molecule has 0 radical (unpaired) electrons. The Kier molecular flexibility index (Phi) is 7.04. The Hall–Kier alpha value is -2.53. The van der Waals surface area contributed by atoms with E-state index in [0.29, 0.717) is 17.3 Å². The maximum absolute atomic E-state index is 12.2. The summed E-state index contributed by atoms with van der Waals surface area (Å²) in [5, 5.41) is 3.33. The summed E-state index contributed by atoms with van der Waals surface area (Å²) in [5.41, 5.74) is 1.78. The molecule has 6 heteroatoms. The van der Waals surface area contributed by atoms with Gasteiger partial charge in [-0.1, -0.05) is 41.9 Å². The van der Waals surface area contributed by atoms with Crippen LogP contribution in [0.2, 0.25) is 5.02 Å². The largest absolute Gasteiger partial charge is 0.479 e. The summed E-state index contributed by atoms with van der Waals surface area (Å²) in [5.74, 6) is -0.432. The van der Waals surface area contributed by atoms with Crippen LogP contribution >= 0.6 is 11.6 Å². The van der Waals surface area contributed by atoms with Crippen LogP contribution in [0.15, 0.2) is 48.5 Å². The van der Waals surface area contributed by atoms with E-state index < -0.39 is 18.2 Å². The highest BCUT2D eigenvalue weighted by Crippen LogP contribution is 2.23. The molecule has 26 heavy (non-hydrogen) atoms. The number of carbonyl (C=O) groups excluding carboxylic acids is 2. The molecular weight excluding hydrogens is 354 g/mol. The van der Waals surface area contributed by atoms with Crippen molar-refractivity contribution in [2.24, 2.45) is 0 Å². The second kappa shape index (κ2) is 9.25. The monoisotopic (exact) mass is 375 g/mol.